The van der Waals surface area contributed by atoms with Gasteiger partial charge in [0, 0.05) is 6.42 Å². The van der Waals surface area contributed by atoms with Gasteiger partial charge in [0.25, 0.3) is 0 Å². The third-order valence-electron chi connectivity index (χ3n) is 4.05. The number of ketones is 1. The van der Waals surface area contributed by atoms with Gasteiger partial charge in [-0.05, 0) is 31.9 Å². The largest absolute Gasteiger partial charge is 0.343 e. The van der Waals surface area contributed by atoms with Crippen LogP contribution in [0.25, 0.3) is 0 Å². The summed E-state index contributed by atoms with van der Waals surface area (Å²) in [6.45, 7) is 2.12. The molecule has 1 unspecified atom stereocenters. The molecule has 0 amide bonds. The molecule has 5 nitrogen and oxygen atoms in total. The van der Waals surface area contributed by atoms with Crippen molar-refractivity contribution >= 4 is 15.6 Å². The highest BCUT2D eigenvalue weighted by Gasteiger charge is 2.60. The Kier molecular flexibility index (Phi) is 3.63. The quantitative estimate of drug-likeness (QED) is 0.832. The summed E-state index contributed by atoms with van der Waals surface area (Å²) in [5, 5.41) is -0.977. The lowest BCUT2D eigenvalue weighted by Gasteiger charge is -2.35. The normalized spacial score (nSPS) is 33.5. The van der Waals surface area contributed by atoms with Gasteiger partial charge < -0.3 is 9.47 Å². The van der Waals surface area contributed by atoms with Gasteiger partial charge in [-0.15, -0.1) is 0 Å². The highest BCUT2D eigenvalue weighted by Crippen LogP contribution is 2.42. The van der Waals surface area contributed by atoms with Crippen LogP contribution in [0.15, 0.2) is 35.2 Å². The molecule has 1 aromatic rings. The van der Waals surface area contributed by atoms with E-state index in [1.54, 1.807) is 37.3 Å². The smallest absolute Gasteiger partial charge is 0.246 e. The Morgan fingerprint density at radius 1 is 1.24 bits per heavy atom. The Morgan fingerprint density at radius 3 is 2.62 bits per heavy atom. The van der Waals surface area contributed by atoms with Crippen molar-refractivity contribution in [2.45, 2.75) is 48.2 Å². The number of rotatable bonds is 2. The van der Waals surface area contributed by atoms with Crippen molar-refractivity contribution in [2.24, 2.45) is 0 Å². The van der Waals surface area contributed by atoms with E-state index in [2.05, 4.69) is 0 Å². The van der Waals surface area contributed by atoms with Crippen molar-refractivity contribution in [2.75, 3.05) is 6.61 Å². The van der Waals surface area contributed by atoms with E-state index in [4.69, 9.17) is 9.47 Å². The fourth-order valence-electron chi connectivity index (χ4n) is 3.07. The zero-order chi connectivity index (χ0) is 15.1. The number of carbonyl (C=O) groups is 1. The summed E-state index contributed by atoms with van der Waals surface area (Å²) >= 11 is 0. The van der Waals surface area contributed by atoms with E-state index in [1.165, 1.54) is 0 Å². The summed E-state index contributed by atoms with van der Waals surface area (Å²) < 4.78 is 37.0. The van der Waals surface area contributed by atoms with Gasteiger partial charge in [0.1, 0.15) is 5.25 Å². The second kappa shape index (κ2) is 5.19. The third kappa shape index (κ3) is 2.31. The first kappa shape index (κ1) is 14.7. The third-order valence-corrected chi connectivity index (χ3v) is 6.23. The maximum Gasteiger partial charge on any atom is 0.246 e. The van der Waals surface area contributed by atoms with Gasteiger partial charge >= 0.3 is 0 Å². The van der Waals surface area contributed by atoms with E-state index in [9.17, 15) is 13.2 Å². The molecule has 0 N–H and O–H groups in total. The predicted molar refractivity (Wildman–Crippen MR) is 75.5 cm³/mol. The molecular formula is C15H18O5S. The summed E-state index contributed by atoms with van der Waals surface area (Å²) in [7, 11) is -3.68. The molecule has 2 heterocycles. The zero-order valence-corrected chi connectivity index (χ0v) is 12.6. The SMILES string of the molecule is CC1C[C@H](S(=O)(=O)c2ccccc2)[C@]2(OCCCC2=O)O1. The lowest BCUT2D eigenvalue weighted by Crippen LogP contribution is -2.55. The minimum absolute atomic E-state index is 0.203. The molecule has 0 aromatic heterocycles. The zero-order valence-electron chi connectivity index (χ0n) is 11.8. The van der Waals surface area contributed by atoms with Crippen LogP contribution in [-0.4, -0.2) is 37.9 Å². The Hall–Kier alpha value is -1.24. The molecule has 1 spiro atoms. The Balaban J connectivity index is 2.05. The number of ether oxygens (including phenoxy) is 2. The topological polar surface area (TPSA) is 69.7 Å². The number of carbonyl (C=O) groups excluding carboxylic acids is 1. The molecule has 3 rings (SSSR count). The van der Waals surface area contributed by atoms with Crippen molar-refractivity contribution < 1.29 is 22.7 Å². The van der Waals surface area contributed by atoms with Crippen LogP contribution in [0.2, 0.25) is 0 Å². The summed E-state index contributed by atoms with van der Waals surface area (Å²) in [6, 6.07) is 8.17. The second-order valence-electron chi connectivity index (χ2n) is 5.55. The van der Waals surface area contributed by atoms with E-state index in [0.717, 1.165) is 0 Å². The molecule has 0 radical (unpaired) electrons. The van der Waals surface area contributed by atoms with Crippen LogP contribution in [0, 0.1) is 0 Å². The predicted octanol–water partition coefficient (Wildman–Crippen LogP) is 1.71. The number of hydrogen-bond acceptors (Lipinski definition) is 5. The van der Waals surface area contributed by atoms with Crippen LogP contribution in [0.5, 0.6) is 0 Å². The number of sulfone groups is 1. The summed E-state index contributed by atoms with van der Waals surface area (Å²) in [6.07, 6.45) is 0.850. The first-order valence-electron chi connectivity index (χ1n) is 7.11. The average Bonchev–Trinajstić information content (AvgIpc) is 2.82. The fraction of sp³-hybridized carbons (Fsp3) is 0.533. The minimum atomic E-state index is -3.68. The van der Waals surface area contributed by atoms with Crippen molar-refractivity contribution in [3.8, 4) is 0 Å². The van der Waals surface area contributed by atoms with Crippen LogP contribution in [0.3, 0.4) is 0 Å². The maximum absolute atomic E-state index is 12.9. The van der Waals surface area contributed by atoms with Crippen molar-refractivity contribution in [1.29, 1.82) is 0 Å². The standard InChI is InChI=1S/C15H18O5S/c1-11-10-14(15(20-11)13(16)8-5-9-19-15)21(17,18)12-6-3-2-4-7-12/h2-4,6-7,11,14H,5,8-10H2,1H3/t11?,14-,15+/m0/s1. The number of hydrogen-bond donors (Lipinski definition) is 0. The molecule has 0 saturated carbocycles. The van der Waals surface area contributed by atoms with E-state index in [1.807, 2.05) is 0 Å². The van der Waals surface area contributed by atoms with E-state index in [0.29, 0.717) is 19.4 Å². The van der Waals surface area contributed by atoms with Crippen molar-refractivity contribution in [3.63, 3.8) is 0 Å². The molecule has 2 aliphatic heterocycles. The highest BCUT2D eigenvalue weighted by atomic mass is 32.2. The lowest BCUT2D eigenvalue weighted by atomic mass is 10.0. The average molecular weight is 310 g/mol. The first-order chi connectivity index (χ1) is 9.97. The van der Waals surface area contributed by atoms with E-state index in [-0.39, 0.29) is 23.2 Å². The minimum Gasteiger partial charge on any atom is -0.343 e. The fourth-order valence-corrected chi connectivity index (χ4v) is 5.12. The van der Waals surface area contributed by atoms with Gasteiger partial charge in [0.15, 0.2) is 15.6 Å². The first-order valence-corrected chi connectivity index (χ1v) is 8.65. The van der Waals surface area contributed by atoms with Crippen LogP contribution in [0.4, 0.5) is 0 Å². The molecule has 6 heteroatoms. The lowest BCUT2D eigenvalue weighted by molar-refractivity contribution is -0.227. The molecule has 2 aliphatic rings. The Morgan fingerprint density at radius 2 is 1.95 bits per heavy atom. The van der Waals surface area contributed by atoms with Crippen molar-refractivity contribution in [3.05, 3.63) is 30.3 Å². The number of Topliss-reactive ketones (excluding diaryl/α,β-unsaturated/α-hetero) is 1. The van der Waals surface area contributed by atoms with Gasteiger partial charge in [0.2, 0.25) is 5.79 Å². The number of benzene rings is 1. The molecule has 114 valence electrons. The van der Waals surface area contributed by atoms with Gasteiger partial charge in [0.05, 0.1) is 17.6 Å². The molecule has 1 aromatic carbocycles. The maximum atomic E-state index is 12.9. The highest BCUT2D eigenvalue weighted by molar-refractivity contribution is 7.92. The van der Waals surface area contributed by atoms with Crippen LogP contribution < -0.4 is 0 Å². The monoisotopic (exact) mass is 310 g/mol. The molecule has 2 fully saturated rings. The molecule has 21 heavy (non-hydrogen) atoms. The van der Waals surface area contributed by atoms with Crippen LogP contribution in [-0.2, 0) is 24.1 Å². The van der Waals surface area contributed by atoms with Crippen molar-refractivity contribution in [1.82, 2.24) is 0 Å². The summed E-state index contributed by atoms with van der Waals surface area (Å²) in [5.41, 5.74) is 0. The van der Waals surface area contributed by atoms with Crippen LogP contribution >= 0.6 is 0 Å². The summed E-state index contributed by atoms with van der Waals surface area (Å²) in [4.78, 5) is 12.5. The van der Waals surface area contributed by atoms with E-state index >= 15 is 0 Å². The second-order valence-corrected chi connectivity index (χ2v) is 7.68. The molecular weight excluding hydrogens is 292 g/mol. The van der Waals surface area contributed by atoms with Gasteiger partial charge in [-0.25, -0.2) is 8.42 Å². The summed E-state index contributed by atoms with van der Waals surface area (Å²) in [5.74, 6) is -1.88. The van der Waals surface area contributed by atoms with E-state index < -0.39 is 20.9 Å². The van der Waals surface area contributed by atoms with Crippen LogP contribution in [0.1, 0.15) is 26.2 Å². The molecule has 0 aliphatic carbocycles. The molecule has 0 bridgehead atoms. The Labute approximate surface area is 124 Å². The van der Waals surface area contributed by atoms with Gasteiger partial charge in [-0.2, -0.15) is 0 Å². The molecule has 2 saturated heterocycles. The molecule has 3 atom stereocenters. The Bertz CT molecular complexity index is 639. The van der Waals surface area contributed by atoms with Gasteiger partial charge in [-0.3, -0.25) is 4.79 Å². The van der Waals surface area contributed by atoms with Gasteiger partial charge in [-0.1, -0.05) is 18.2 Å².